The van der Waals surface area contributed by atoms with Gasteiger partial charge >= 0.3 is 5.97 Å². The molecule has 0 amide bonds. The summed E-state index contributed by atoms with van der Waals surface area (Å²) in [6.45, 7) is 3.72. The van der Waals surface area contributed by atoms with Gasteiger partial charge in [0.15, 0.2) is 5.76 Å². The minimum atomic E-state index is -0.457. The smallest absolute Gasteiger partial charge is 0.343 e. The van der Waals surface area contributed by atoms with Gasteiger partial charge in [0, 0.05) is 10.0 Å². The third-order valence-electron chi connectivity index (χ3n) is 4.72. The van der Waals surface area contributed by atoms with Gasteiger partial charge in [0.25, 0.3) is 0 Å². The molecule has 144 valence electrons. The van der Waals surface area contributed by atoms with E-state index in [0.717, 1.165) is 15.6 Å². The SMILES string of the molecule is Cc1ccc(C(=O)Oc2ccc3c(c2C)O/C(=C\c2ccccc2Br)C3=O)cc1. The van der Waals surface area contributed by atoms with E-state index in [4.69, 9.17) is 9.47 Å². The molecule has 1 heterocycles. The number of ketones is 1. The summed E-state index contributed by atoms with van der Waals surface area (Å²) in [6.07, 6.45) is 1.70. The second-order valence-corrected chi connectivity index (χ2v) is 7.64. The van der Waals surface area contributed by atoms with Crippen LogP contribution in [0.15, 0.2) is 70.9 Å². The number of halogens is 1. The van der Waals surface area contributed by atoms with Gasteiger partial charge in [0.1, 0.15) is 11.5 Å². The molecule has 3 aromatic carbocycles. The predicted molar refractivity (Wildman–Crippen MR) is 114 cm³/mol. The van der Waals surface area contributed by atoms with Crippen LogP contribution in [0.5, 0.6) is 11.5 Å². The van der Waals surface area contributed by atoms with Crippen molar-refractivity contribution in [3.63, 3.8) is 0 Å². The van der Waals surface area contributed by atoms with Crippen molar-refractivity contribution in [2.45, 2.75) is 13.8 Å². The van der Waals surface area contributed by atoms with Crippen molar-refractivity contribution in [3.8, 4) is 11.5 Å². The van der Waals surface area contributed by atoms with Crippen LogP contribution < -0.4 is 9.47 Å². The van der Waals surface area contributed by atoms with Gasteiger partial charge < -0.3 is 9.47 Å². The first-order valence-electron chi connectivity index (χ1n) is 9.05. The number of ether oxygens (including phenoxy) is 2. The lowest BCUT2D eigenvalue weighted by Crippen LogP contribution is -2.09. The maximum Gasteiger partial charge on any atom is 0.343 e. The number of carbonyl (C=O) groups is 2. The number of aryl methyl sites for hydroxylation is 1. The normalized spacial score (nSPS) is 13.9. The predicted octanol–water partition coefficient (Wildman–Crippen LogP) is 5.90. The fourth-order valence-electron chi connectivity index (χ4n) is 3.06. The number of hydrogen-bond acceptors (Lipinski definition) is 4. The van der Waals surface area contributed by atoms with E-state index in [1.54, 1.807) is 37.3 Å². The molecule has 1 aliphatic heterocycles. The van der Waals surface area contributed by atoms with Gasteiger partial charge in [0.05, 0.1) is 11.1 Å². The summed E-state index contributed by atoms with van der Waals surface area (Å²) in [5, 5.41) is 0. The average Bonchev–Trinajstić information content (AvgIpc) is 3.03. The number of rotatable bonds is 3. The molecule has 0 saturated heterocycles. The molecule has 0 radical (unpaired) electrons. The van der Waals surface area contributed by atoms with Crippen molar-refractivity contribution < 1.29 is 19.1 Å². The molecule has 0 atom stereocenters. The standard InChI is InChI=1S/C24H17BrO4/c1-14-7-9-16(10-8-14)24(27)29-20-12-11-18-22(26)21(28-23(18)15(20)2)13-17-5-3-4-6-19(17)25/h3-13H,1-2H3/b21-13-. The van der Waals surface area contributed by atoms with Crippen molar-refractivity contribution in [1.82, 2.24) is 0 Å². The lowest BCUT2D eigenvalue weighted by Gasteiger charge is -2.10. The van der Waals surface area contributed by atoms with E-state index in [2.05, 4.69) is 15.9 Å². The first-order valence-corrected chi connectivity index (χ1v) is 9.84. The van der Waals surface area contributed by atoms with Gasteiger partial charge in [-0.05, 0) is 55.8 Å². The molecular weight excluding hydrogens is 432 g/mol. The molecule has 0 bridgehead atoms. The van der Waals surface area contributed by atoms with Crippen LogP contribution in [0.25, 0.3) is 6.08 Å². The number of allylic oxidation sites excluding steroid dienone is 1. The van der Waals surface area contributed by atoms with Crippen LogP contribution in [0.2, 0.25) is 0 Å². The van der Waals surface area contributed by atoms with Crippen LogP contribution in [0.3, 0.4) is 0 Å². The summed E-state index contributed by atoms with van der Waals surface area (Å²) in [6, 6.07) is 18.0. The number of benzene rings is 3. The van der Waals surface area contributed by atoms with Crippen LogP contribution in [0.4, 0.5) is 0 Å². The highest BCUT2D eigenvalue weighted by Gasteiger charge is 2.30. The number of fused-ring (bicyclic) bond motifs is 1. The van der Waals surface area contributed by atoms with Crippen molar-refractivity contribution >= 4 is 33.8 Å². The average molecular weight is 449 g/mol. The van der Waals surface area contributed by atoms with E-state index >= 15 is 0 Å². The largest absolute Gasteiger partial charge is 0.452 e. The second-order valence-electron chi connectivity index (χ2n) is 6.78. The number of Topliss-reactive ketones (excluding diaryl/α,β-unsaturated/α-hetero) is 1. The van der Waals surface area contributed by atoms with Gasteiger partial charge in [-0.1, -0.05) is 51.8 Å². The van der Waals surface area contributed by atoms with E-state index < -0.39 is 5.97 Å². The van der Waals surface area contributed by atoms with Gasteiger partial charge in [-0.3, -0.25) is 4.79 Å². The fraction of sp³-hybridized carbons (Fsp3) is 0.0833. The van der Waals surface area contributed by atoms with Crippen molar-refractivity contribution in [2.75, 3.05) is 0 Å². The summed E-state index contributed by atoms with van der Waals surface area (Å²) in [7, 11) is 0. The molecule has 4 nitrogen and oxygen atoms in total. The highest BCUT2D eigenvalue weighted by molar-refractivity contribution is 9.10. The zero-order valence-corrected chi connectivity index (χ0v) is 17.4. The lowest BCUT2D eigenvalue weighted by atomic mass is 10.1. The Bertz CT molecular complexity index is 1160. The van der Waals surface area contributed by atoms with Gasteiger partial charge in [0.2, 0.25) is 5.78 Å². The Morgan fingerprint density at radius 1 is 1.00 bits per heavy atom. The molecule has 29 heavy (non-hydrogen) atoms. The van der Waals surface area contributed by atoms with Crippen molar-refractivity contribution in [2.24, 2.45) is 0 Å². The van der Waals surface area contributed by atoms with Crippen LogP contribution in [-0.4, -0.2) is 11.8 Å². The zero-order valence-electron chi connectivity index (χ0n) is 15.9. The van der Waals surface area contributed by atoms with Crippen molar-refractivity contribution in [1.29, 1.82) is 0 Å². The van der Waals surface area contributed by atoms with E-state index in [0.29, 0.717) is 28.2 Å². The Balaban J connectivity index is 1.62. The van der Waals surface area contributed by atoms with Gasteiger partial charge in [-0.25, -0.2) is 4.79 Å². The maximum absolute atomic E-state index is 12.7. The first-order chi connectivity index (χ1) is 13.9. The van der Waals surface area contributed by atoms with Gasteiger partial charge in [-0.2, -0.15) is 0 Å². The molecule has 5 heteroatoms. The quantitative estimate of drug-likeness (QED) is 0.284. The molecule has 0 unspecified atom stereocenters. The Hall–Kier alpha value is -3.18. The molecule has 0 spiro atoms. The minimum absolute atomic E-state index is 0.199. The first kappa shape index (κ1) is 19.2. The molecule has 1 aliphatic rings. The molecule has 0 saturated carbocycles. The highest BCUT2D eigenvalue weighted by Crippen LogP contribution is 2.39. The van der Waals surface area contributed by atoms with Crippen LogP contribution in [0.1, 0.15) is 37.4 Å². The third kappa shape index (κ3) is 3.74. The lowest BCUT2D eigenvalue weighted by molar-refractivity contribution is 0.0733. The molecule has 4 rings (SSSR count). The van der Waals surface area contributed by atoms with Gasteiger partial charge in [-0.15, -0.1) is 0 Å². The molecule has 0 fully saturated rings. The molecular formula is C24H17BrO4. The number of esters is 1. The summed E-state index contributed by atoms with van der Waals surface area (Å²) in [4.78, 5) is 25.2. The van der Waals surface area contributed by atoms with Crippen LogP contribution in [-0.2, 0) is 0 Å². The van der Waals surface area contributed by atoms with E-state index in [-0.39, 0.29) is 11.5 Å². The summed E-state index contributed by atoms with van der Waals surface area (Å²) in [5.41, 5.74) is 3.42. The minimum Gasteiger partial charge on any atom is -0.452 e. The number of carbonyl (C=O) groups excluding carboxylic acids is 2. The Kier molecular flexibility index (Phi) is 5.07. The van der Waals surface area contributed by atoms with Crippen molar-refractivity contribution in [3.05, 3.63) is 98.7 Å². The highest BCUT2D eigenvalue weighted by atomic mass is 79.9. The van der Waals surface area contributed by atoms with E-state index in [9.17, 15) is 9.59 Å². The molecule has 0 aliphatic carbocycles. The van der Waals surface area contributed by atoms with E-state index in [1.807, 2.05) is 43.3 Å². The van der Waals surface area contributed by atoms with Crippen LogP contribution >= 0.6 is 15.9 Å². The monoisotopic (exact) mass is 448 g/mol. The van der Waals surface area contributed by atoms with E-state index in [1.165, 1.54) is 0 Å². The molecule has 0 N–H and O–H groups in total. The third-order valence-corrected chi connectivity index (χ3v) is 5.44. The second kappa shape index (κ2) is 7.68. The van der Waals surface area contributed by atoms with Crippen LogP contribution in [0, 0.1) is 13.8 Å². The fourth-order valence-corrected chi connectivity index (χ4v) is 3.46. The molecule has 0 aromatic heterocycles. The Labute approximate surface area is 176 Å². The summed E-state index contributed by atoms with van der Waals surface area (Å²) in [5.74, 6) is 0.361. The number of hydrogen-bond donors (Lipinski definition) is 0. The molecule has 3 aromatic rings. The zero-order chi connectivity index (χ0) is 20.5. The summed E-state index contributed by atoms with van der Waals surface area (Å²) < 4.78 is 12.3. The Morgan fingerprint density at radius 2 is 1.72 bits per heavy atom. The summed E-state index contributed by atoms with van der Waals surface area (Å²) >= 11 is 3.47. The topological polar surface area (TPSA) is 52.6 Å². The Morgan fingerprint density at radius 3 is 2.45 bits per heavy atom. The maximum atomic E-state index is 12.7.